The van der Waals surface area contributed by atoms with Crippen molar-refractivity contribution in [1.29, 1.82) is 0 Å². The number of fused-ring (bicyclic) bond motifs is 1. The highest BCUT2D eigenvalue weighted by Gasteiger charge is 2.23. The van der Waals surface area contributed by atoms with Gasteiger partial charge in [0.1, 0.15) is 11.6 Å². The van der Waals surface area contributed by atoms with Crippen LogP contribution in [-0.4, -0.2) is 54.3 Å². The van der Waals surface area contributed by atoms with E-state index in [1.165, 1.54) is 0 Å². The van der Waals surface area contributed by atoms with E-state index in [2.05, 4.69) is 25.2 Å². The van der Waals surface area contributed by atoms with Gasteiger partial charge in [0.25, 0.3) is 5.91 Å². The van der Waals surface area contributed by atoms with Crippen molar-refractivity contribution in [3.8, 4) is 5.75 Å². The van der Waals surface area contributed by atoms with Gasteiger partial charge < -0.3 is 19.7 Å². The Hall–Kier alpha value is -3.26. The lowest BCUT2D eigenvalue weighted by Crippen LogP contribution is -2.38. The molecule has 0 unspecified atom stereocenters. The van der Waals surface area contributed by atoms with Crippen LogP contribution in [0.1, 0.15) is 40.4 Å². The summed E-state index contributed by atoms with van der Waals surface area (Å²) in [5.41, 5.74) is 3.40. The number of amides is 1. The molecule has 0 bridgehead atoms. The van der Waals surface area contributed by atoms with Crippen LogP contribution in [0.5, 0.6) is 5.75 Å². The van der Waals surface area contributed by atoms with E-state index in [9.17, 15) is 4.79 Å². The van der Waals surface area contributed by atoms with Crippen molar-refractivity contribution >= 4 is 22.8 Å². The first-order chi connectivity index (χ1) is 15.0. The van der Waals surface area contributed by atoms with E-state index < -0.39 is 0 Å². The van der Waals surface area contributed by atoms with Crippen LogP contribution < -0.4 is 15.0 Å². The number of nitrogens with zero attached hydrogens (tertiary/aromatic N) is 4. The van der Waals surface area contributed by atoms with Gasteiger partial charge in [0, 0.05) is 18.8 Å². The highest BCUT2D eigenvalue weighted by atomic mass is 16.5. The molecule has 0 radical (unpaired) electrons. The normalized spacial score (nSPS) is 15.0. The third kappa shape index (κ3) is 4.44. The number of methoxy groups -OCH3 is 1. The lowest BCUT2D eigenvalue weighted by molar-refractivity contribution is 0.0929. The number of benzene rings is 1. The molecule has 0 spiro atoms. The molecule has 1 amide bonds. The van der Waals surface area contributed by atoms with Crippen LogP contribution in [0.25, 0.3) is 11.0 Å². The molecule has 8 heteroatoms. The summed E-state index contributed by atoms with van der Waals surface area (Å²) >= 11 is 0. The molecule has 1 saturated heterocycles. The van der Waals surface area contributed by atoms with E-state index in [1.807, 2.05) is 51.1 Å². The molecule has 4 rings (SSSR count). The van der Waals surface area contributed by atoms with Crippen molar-refractivity contribution in [1.82, 2.24) is 20.3 Å². The second-order valence-corrected chi connectivity index (χ2v) is 7.72. The number of aromatic nitrogens is 3. The fraction of sp³-hybridized carbons (Fsp3) is 0.391. The molecule has 1 N–H and O–H groups in total. The van der Waals surface area contributed by atoms with Crippen molar-refractivity contribution in [2.45, 2.75) is 26.8 Å². The van der Waals surface area contributed by atoms with E-state index in [0.29, 0.717) is 32.0 Å². The van der Waals surface area contributed by atoms with E-state index in [0.717, 1.165) is 33.8 Å². The average Bonchev–Trinajstić information content (AvgIpc) is 2.78. The van der Waals surface area contributed by atoms with Crippen molar-refractivity contribution in [2.75, 3.05) is 38.3 Å². The standard InChI is InChI=1S/C23H27N5O3/c1-14-13-15(2)24-20-19(14)22(28-9-11-31-12-10-28)27-21(26-20)23(29)25-16(3)17-5-7-18(30-4)8-6-17/h5-8,13,16H,9-12H2,1-4H3,(H,25,29)/t16-/m0/s1. The zero-order valence-electron chi connectivity index (χ0n) is 18.3. The van der Waals surface area contributed by atoms with Crippen LogP contribution in [0.4, 0.5) is 5.82 Å². The van der Waals surface area contributed by atoms with Crippen molar-refractivity contribution in [3.63, 3.8) is 0 Å². The van der Waals surface area contributed by atoms with Crippen LogP contribution in [0, 0.1) is 13.8 Å². The molecule has 0 aliphatic carbocycles. The number of anilines is 1. The lowest BCUT2D eigenvalue weighted by Gasteiger charge is -2.29. The Bertz CT molecular complexity index is 1090. The molecule has 1 aromatic carbocycles. The largest absolute Gasteiger partial charge is 0.497 e. The summed E-state index contributed by atoms with van der Waals surface area (Å²) in [6.45, 7) is 8.55. The monoisotopic (exact) mass is 421 g/mol. The Kier molecular flexibility index (Phi) is 5.99. The van der Waals surface area contributed by atoms with Crippen LogP contribution in [0.2, 0.25) is 0 Å². The molecule has 8 nitrogen and oxygen atoms in total. The summed E-state index contributed by atoms with van der Waals surface area (Å²) in [6.07, 6.45) is 0. The lowest BCUT2D eigenvalue weighted by atomic mass is 10.1. The molecule has 1 aliphatic heterocycles. The number of carbonyl (C=O) groups excluding carboxylic acids is 1. The van der Waals surface area contributed by atoms with E-state index in [4.69, 9.17) is 9.47 Å². The van der Waals surface area contributed by atoms with Gasteiger partial charge in [-0.2, -0.15) is 0 Å². The minimum atomic E-state index is -0.333. The number of rotatable bonds is 5. The number of hydrogen-bond acceptors (Lipinski definition) is 7. The first-order valence-electron chi connectivity index (χ1n) is 10.4. The number of morpholine rings is 1. The summed E-state index contributed by atoms with van der Waals surface area (Å²) in [4.78, 5) is 29.0. The Morgan fingerprint density at radius 1 is 1.13 bits per heavy atom. The van der Waals surface area contributed by atoms with Crippen LogP contribution >= 0.6 is 0 Å². The Morgan fingerprint density at radius 2 is 1.84 bits per heavy atom. The van der Waals surface area contributed by atoms with E-state index in [-0.39, 0.29) is 17.8 Å². The van der Waals surface area contributed by atoms with Gasteiger partial charge in [-0.25, -0.2) is 15.0 Å². The third-order valence-electron chi connectivity index (χ3n) is 5.45. The predicted octanol–water partition coefficient (Wildman–Crippen LogP) is 2.98. The minimum absolute atomic E-state index is 0.117. The Balaban J connectivity index is 1.68. The topological polar surface area (TPSA) is 89.5 Å². The second kappa shape index (κ2) is 8.85. The van der Waals surface area contributed by atoms with Crippen molar-refractivity contribution < 1.29 is 14.3 Å². The SMILES string of the molecule is COc1ccc([C@H](C)NC(=O)c2nc(N3CCOCC3)c3c(C)cc(C)nc3n2)cc1. The molecule has 1 aliphatic rings. The van der Waals surface area contributed by atoms with E-state index in [1.54, 1.807) is 7.11 Å². The van der Waals surface area contributed by atoms with Crippen LogP contribution in [0.3, 0.4) is 0 Å². The fourth-order valence-electron chi connectivity index (χ4n) is 3.80. The number of aryl methyl sites for hydroxylation is 2. The Labute approximate surface area is 181 Å². The van der Waals surface area contributed by atoms with Gasteiger partial charge in [0.2, 0.25) is 5.82 Å². The number of hydrogen-bond donors (Lipinski definition) is 1. The van der Waals surface area contributed by atoms with Crippen LogP contribution in [-0.2, 0) is 4.74 Å². The molecule has 162 valence electrons. The number of ether oxygens (including phenoxy) is 2. The highest BCUT2D eigenvalue weighted by molar-refractivity contribution is 5.97. The first kappa shape index (κ1) is 21.0. The highest BCUT2D eigenvalue weighted by Crippen LogP contribution is 2.27. The summed E-state index contributed by atoms with van der Waals surface area (Å²) in [6, 6.07) is 9.40. The molecule has 3 aromatic rings. The van der Waals surface area contributed by atoms with Gasteiger partial charge in [0.15, 0.2) is 5.65 Å². The molecule has 0 saturated carbocycles. The molecule has 31 heavy (non-hydrogen) atoms. The number of nitrogens with one attached hydrogen (secondary N) is 1. The average molecular weight is 422 g/mol. The summed E-state index contributed by atoms with van der Waals surface area (Å²) in [7, 11) is 1.63. The quantitative estimate of drug-likeness (QED) is 0.677. The molecule has 1 atom stereocenters. The molecular formula is C23H27N5O3. The van der Waals surface area contributed by atoms with Gasteiger partial charge in [-0.05, 0) is 50.1 Å². The molecular weight excluding hydrogens is 394 g/mol. The number of carbonyl (C=O) groups is 1. The van der Waals surface area contributed by atoms with Gasteiger partial charge in [-0.1, -0.05) is 12.1 Å². The maximum Gasteiger partial charge on any atom is 0.289 e. The first-order valence-corrected chi connectivity index (χ1v) is 10.4. The maximum absolute atomic E-state index is 13.1. The van der Waals surface area contributed by atoms with Gasteiger partial charge in [-0.15, -0.1) is 0 Å². The summed E-state index contributed by atoms with van der Waals surface area (Å²) in [5, 5.41) is 3.88. The fourth-order valence-corrected chi connectivity index (χ4v) is 3.80. The smallest absolute Gasteiger partial charge is 0.289 e. The molecule has 3 heterocycles. The van der Waals surface area contributed by atoms with Crippen molar-refractivity contribution in [3.05, 3.63) is 53.0 Å². The second-order valence-electron chi connectivity index (χ2n) is 7.72. The summed E-state index contributed by atoms with van der Waals surface area (Å²) in [5.74, 6) is 1.29. The number of pyridine rings is 1. The zero-order chi connectivity index (χ0) is 22.0. The van der Waals surface area contributed by atoms with Gasteiger partial charge in [-0.3, -0.25) is 4.79 Å². The van der Waals surface area contributed by atoms with Gasteiger partial charge in [0.05, 0.1) is 31.8 Å². The molecule has 1 fully saturated rings. The van der Waals surface area contributed by atoms with Crippen LogP contribution in [0.15, 0.2) is 30.3 Å². The van der Waals surface area contributed by atoms with Crippen molar-refractivity contribution in [2.24, 2.45) is 0 Å². The zero-order valence-corrected chi connectivity index (χ0v) is 18.3. The van der Waals surface area contributed by atoms with E-state index >= 15 is 0 Å². The summed E-state index contributed by atoms with van der Waals surface area (Å²) < 4.78 is 10.7. The Morgan fingerprint density at radius 3 is 2.52 bits per heavy atom. The third-order valence-corrected chi connectivity index (χ3v) is 5.45. The maximum atomic E-state index is 13.1. The van der Waals surface area contributed by atoms with Gasteiger partial charge >= 0.3 is 0 Å². The molecule has 2 aromatic heterocycles. The predicted molar refractivity (Wildman–Crippen MR) is 119 cm³/mol. The minimum Gasteiger partial charge on any atom is -0.497 e.